The summed E-state index contributed by atoms with van der Waals surface area (Å²) < 4.78 is 0. The molecule has 0 aliphatic heterocycles. The highest BCUT2D eigenvalue weighted by atomic mass is 32.1. The fraction of sp³-hybridized carbons (Fsp3) is 0.273. The molecule has 8 nitrogen and oxygen atoms in total. The summed E-state index contributed by atoms with van der Waals surface area (Å²) in [6.07, 6.45) is 0. The largest absolute Gasteiger partial charge is 0.480 e. The maximum atomic E-state index is 11.7. The van der Waals surface area contributed by atoms with E-state index in [-0.39, 0.29) is 6.54 Å². The van der Waals surface area contributed by atoms with Crippen molar-refractivity contribution in [3.8, 4) is 6.07 Å². The van der Waals surface area contributed by atoms with Gasteiger partial charge >= 0.3 is 11.9 Å². The van der Waals surface area contributed by atoms with E-state index in [0.717, 1.165) is 16.2 Å². The van der Waals surface area contributed by atoms with Crippen LogP contribution in [0.15, 0.2) is 11.4 Å². The van der Waals surface area contributed by atoms with Crippen LogP contribution in [-0.4, -0.2) is 52.6 Å². The molecule has 0 aromatic carbocycles. The molecular formula is C11H11N3O5S. The first kappa shape index (κ1) is 15.6. The van der Waals surface area contributed by atoms with Gasteiger partial charge in [0.1, 0.15) is 11.1 Å². The number of anilines is 1. The third-order valence-electron chi connectivity index (χ3n) is 2.12. The number of nitrogens with one attached hydrogen (secondary N) is 1. The van der Waals surface area contributed by atoms with Crippen LogP contribution in [0.4, 0.5) is 5.00 Å². The minimum Gasteiger partial charge on any atom is -0.480 e. The zero-order valence-electron chi connectivity index (χ0n) is 10.2. The smallest absolute Gasteiger partial charge is 0.317 e. The van der Waals surface area contributed by atoms with Crippen molar-refractivity contribution in [2.45, 2.75) is 0 Å². The van der Waals surface area contributed by atoms with E-state index in [1.807, 2.05) is 6.07 Å². The Bertz CT molecular complexity index is 547. The second-order valence-electron chi connectivity index (χ2n) is 3.76. The number of hydrogen-bond donors (Lipinski definition) is 3. The molecule has 0 atom stereocenters. The average Bonchev–Trinajstić information content (AvgIpc) is 2.73. The Labute approximate surface area is 117 Å². The molecule has 1 heterocycles. The predicted octanol–water partition coefficient (Wildman–Crippen LogP) is 0.0295. The van der Waals surface area contributed by atoms with E-state index in [9.17, 15) is 14.4 Å². The van der Waals surface area contributed by atoms with Crippen molar-refractivity contribution in [1.82, 2.24) is 4.90 Å². The SMILES string of the molecule is N#Cc1ccsc1NC(=O)CN(CC(=O)O)CC(=O)O. The number of hydrogen-bond acceptors (Lipinski definition) is 6. The van der Waals surface area contributed by atoms with Crippen molar-refractivity contribution in [2.24, 2.45) is 0 Å². The molecule has 0 bridgehead atoms. The lowest BCUT2D eigenvalue weighted by atomic mass is 10.3. The van der Waals surface area contributed by atoms with Crippen molar-refractivity contribution >= 4 is 34.2 Å². The third kappa shape index (κ3) is 5.05. The monoisotopic (exact) mass is 297 g/mol. The van der Waals surface area contributed by atoms with E-state index < -0.39 is 30.9 Å². The number of amides is 1. The van der Waals surface area contributed by atoms with Crippen LogP contribution in [-0.2, 0) is 14.4 Å². The lowest BCUT2D eigenvalue weighted by Crippen LogP contribution is -2.40. The van der Waals surface area contributed by atoms with Gasteiger partial charge in [-0.1, -0.05) is 0 Å². The molecule has 106 valence electrons. The Morgan fingerprint density at radius 2 is 1.85 bits per heavy atom. The summed E-state index contributed by atoms with van der Waals surface area (Å²) in [5.74, 6) is -3.03. The number of nitriles is 1. The van der Waals surface area contributed by atoms with Gasteiger partial charge < -0.3 is 15.5 Å². The fourth-order valence-corrected chi connectivity index (χ4v) is 2.17. The average molecular weight is 297 g/mol. The Hall–Kier alpha value is -2.44. The first-order valence-electron chi connectivity index (χ1n) is 5.35. The summed E-state index contributed by atoms with van der Waals surface area (Å²) in [7, 11) is 0. The van der Waals surface area contributed by atoms with Gasteiger partial charge in [-0.05, 0) is 11.4 Å². The molecule has 9 heteroatoms. The predicted molar refractivity (Wildman–Crippen MR) is 69.4 cm³/mol. The second-order valence-corrected chi connectivity index (χ2v) is 4.67. The normalized spacial score (nSPS) is 10.0. The highest BCUT2D eigenvalue weighted by Gasteiger charge is 2.18. The summed E-state index contributed by atoms with van der Waals surface area (Å²) in [6, 6.07) is 3.43. The summed E-state index contributed by atoms with van der Waals surface area (Å²) >= 11 is 1.15. The molecule has 1 amide bonds. The van der Waals surface area contributed by atoms with Gasteiger partial charge in [0.15, 0.2) is 0 Å². The summed E-state index contributed by atoms with van der Waals surface area (Å²) in [6.45, 7) is -1.51. The quantitative estimate of drug-likeness (QED) is 0.647. The third-order valence-corrected chi connectivity index (χ3v) is 2.95. The Balaban J connectivity index is 2.64. The summed E-state index contributed by atoms with van der Waals surface area (Å²) in [5, 5.41) is 30.5. The minimum absolute atomic E-state index is 0.298. The van der Waals surface area contributed by atoms with Crippen LogP contribution in [0, 0.1) is 11.3 Å². The topological polar surface area (TPSA) is 131 Å². The summed E-state index contributed by atoms with van der Waals surface area (Å²) in [4.78, 5) is 33.8. The van der Waals surface area contributed by atoms with Gasteiger partial charge in [-0.2, -0.15) is 5.26 Å². The molecule has 1 aromatic rings. The zero-order chi connectivity index (χ0) is 15.1. The highest BCUT2D eigenvalue weighted by molar-refractivity contribution is 7.14. The maximum absolute atomic E-state index is 11.7. The van der Waals surface area contributed by atoms with Crippen LogP contribution >= 0.6 is 11.3 Å². The first-order valence-corrected chi connectivity index (χ1v) is 6.23. The minimum atomic E-state index is -1.23. The number of thiophene rings is 1. The fourth-order valence-electron chi connectivity index (χ4n) is 1.41. The molecule has 1 aromatic heterocycles. The van der Waals surface area contributed by atoms with Gasteiger partial charge in [0, 0.05) is 0 Å². The number of nitrogens with zero attached hydrogens (tertiary/aromatic N) is 2. The summed E-state index contributed by atoms with van der Waals surface area (Å²) in [5.41, 5.74) is 0.298. The lowest BCUT2D eigenvalue weighted by Gasteiger charge is -2.16. The molecule has 20 heavy (non-hydrogen) atoms. The molecule has 0 saturated heterocycles. The van der Waals surface area contributed by atoms with E-state index in [1.54, 1.807) is 5.38 Å². The van der Waals surface area contributed by atoms with Gasteiger partial charge in [-0.15, -0.1) is 11.3 Å². The molecule has 0 fully saturated rings. The number of carboxylic acids is 2. The van der Waals surface area contributed by atoms with Crippen molar-refractivity contribution in [2.75, 3.05) is 25.0 Å². The van der Waals surface area contributed by atoms with Crippen molar-refractivity contribution < 1.29 is 24.6 Å². The van der Waals surface area contributed by atoms with E-state index in [0.29, 0.717) is 10.6 Å². The Kier molecular flexibility index (Phi) is 5.64. The number of aliphatic carboxylic acids is 2. The van der Waals surface area contributed by atoms with Crippen LogP contribution in [0.3, 0.4) is 0 Å². The van der Waals surface area contributed by atoms with Gasteiger partial charge in [-0.3, -0.25) is 19.3 Å². The van der Waals surface area contributed by atoms with Crippen LogP contribution in [0.5, 0.6) is 0 Å². The number of rotatable bonds is 7. The first-order chi connectivity index (χ1) is 9.42. The lowest BCUT2D eigenvalue weighted by molar-refractivity contribution is -0.142. The van der Waals surface area contributed by atoms with Crippen LogP contribution in [0.1, 0.15) is 5.56 Å². The molecule has 0 spiro atoms. The second kappa shape index (κ2) is 7.22. The van der Waals surface area contributed by atoms with E-state index in [2.05, 4.69) is 5.32 Å². The Morgan fingerprint density at radius 3 is 2.35 bits per heavy atom. The number of carboxylic acid groups (broad SMARTS) is 2. The Morgan fingerprint density at radius 1 is 1.25 bits per heavy atom. The van der Waals surface area contributed by atoms with Crippen LogP contribution in [0.2, 0.25) is 0 Å². The van der Waals surface area contributed by atoms with Gasteiger partial charge in [0.2, 0.25) is 5.91 Å². The molecule has 0 aliphatic carbocycles. The molecule has 0 unspecified atom stereocenters. The van der Waals surface area contributed by atoms with Crippen LogP contribution in [0.25, 0.3) is 0 Å². The molecule has 3 N–H and O–H groups in total. The van der Waals surface area contributed by atoms with E-state index >= 15 is 0 Å². The molecular weight excluding hydrogens is 286 g/mol. The highest BCUT2D eigenvalue weighted by Crippen LogP contribution is 2.21. The van der Waals surface area contributed by atoms with Gasteiger partial charge in [0.25, 0.3) is 0 Å². The van der Waals surface area contributed by atoms with Crippen molar-refractivity contribution in [3.63, 3.8) is 0 Å². The van der Waals surface area contributed by atoms with Crippen molar-refractivity contribution in [3.05, 3.63) is 17.0 Å². The zero-order valence-corrected chi connectivity index (χ0v) is 11.0. The standard InChI is InChI=1S/C11H11N3O5S/c12-3-7-1-2-20-11(7)13-8(15)4-14(5-9(16)17)6-10(18)19/h1-2H,4-6H2,(H,13,15)(H,16,17)(H,18,19). The van der Waals surface area contributed by atoms with Crippen molar-refractivity contribution in [1.29, 1.82) is 5.26 Å². The molecule has 0 aliphatic rings. The molecule has 1 rings (SSSR count). The van der Waals surface area contributed by atoms with Crippen LogP contribution < -0.4 is 5.32 Å². The van der Waals surface area contributed by atoms with Gasteiger partial charge in [0.05, 0.1) is 25.2 Å². The maximum Gasteiger partial charge on any atom is 0.317 e. The van der Waals surface area contributed by atoms with E-state index in [1.165, 1.54) is 6.07 Å². The van der Waals surface area contributed by atoms with Gasteiger partial charge in [-0.25, -0.2) is 0 Å². The van der Waals surface area contributed by atoms with E-state index in [4.69, 9.17) is 15.5 Å². The molecule has 0 radical (unpaired) electrons. The molecule has 0 saturated carbocycles. The number of carbonyl (C=O) groups excluding carboxylic acids is 1. The number of carbonyl (C=O) groups is 3.